The van der Waals surface area contributed by atoms with E-state index in [9.17, 15) is 40.2 Å². The number of allylic oxidation sites excluding steroid dienone is 1. The third kappa shape index (κ3) is 6.74. The number of ketones is 1. The number of benzene rings is 4. The fraction of sp³-hybridized carbons (Fsp3) is 0.388. The number of aromatic hydroxyl groups is 1. The normalized spacial score (nSPS) is 27.4. The monoisotopic (exact) mass is 858 g/mol. The number of hydrogen-bond acceptors (Lipinski definition) is 12. The Hall–Kier alpha value is -5.58. The lowest BCUT2D eigenvalue weighted by Gasteiger charge is -2.47. The molecule has 2 fully saturated rings. The molecular weight excluding hydrogens is 809 g/mol. The highest BCUT2D eigenvalue weighted by atomic mass is 16.7. The average Bonchev–Trinajstić information content (AvgIpc) is 4.03. The number of phenolic OH excluding ortho intramolecular Hbond substituents is 1. The minimum absolute atomic E-state index is 0.0464. The third-order valence-electron chi connectivity index (χ3n) is 13.8. The highest BCUT2D eigenvalue weighted by molar-refractivity contribution is 6.14. The van der Waals surface area contributed by atoms with Crippen LogP contribution in [0.4, 0.5) is 0 Å². The number of Topliss-reactive ketones (excluding diaryl/α,β-unsaturated/α-hetero) is 1. The summed E-state index contributed by atoms with van der Waals surface area (Å²) in [4.78, 5) is 33.3. The number of nitrogens with zero attached hydrogens (tertiary/aromatic N) is 1. The topological polar surface area (TPSA) is 211 Å². The summed E-state index contributed by atoms with van der Waals surface area (Å²) in [6.45, 7) is -1.39. The summed E-state index contributed by atoms with van der Waals surface area (Å²) in [7, 11) is 1.48. The number of aliphatic hydroxyl groups excluding tert-OH is 4. The molecule has 2 aliphatic carbocycles. The summed E-state index contributed by atoms with van der Waals surface area (Å²) in [6.07, 6.45) is 5.55. The third-order valence-corrected chi connectivity index (χ3v) is 13.8. The number of amides is 1. The van der Waals surface area contributed by atoms with E-state index in [-0.39, 0.29) is 66.3 Å². The molecule has 0 radical (unpaired) electrons. The average molecular weight is 859 g/mol. The summed E-state index contributed by atoms with van der Waals surface area (Å²) >= 11 is 0. The van der Waals surface area contributed by atoms with Crippen LogP contribution in [0.25, 0.3) is 33.8 Å². The molecule has 3 aliphatic heterocycles. The lowest BCUT2D eigenvalue weighted by molar-refractivity contribution is -0.329. The minimum Gasteiger partial charge on any atom is -0.506 e. The van der Waals surface area contributed by atoms with Gasteiger partial charge in [-0.05, 0) is 90.1 Å². The van der Waals surface area contributed by atoms with Gasteiger partial charge in [-0.2, -0.15) is 0 Å². The van der Waals surface area contributed by atoms with E-state index in [0.717, 1.165) is 46.9 Å². The highest BCUT2D eigenvalue weighted by Gasteiger charge is 2.57. The van der Waals surface area contributed by atoms with Crippen molar-refractivity contribution in [1.29, 1.82) is 0 Å². The van der Waals surface area contributed by atoms with Crippen molar-refractivity contribution in [3.05, 3.63) is 111 Å². The van der Waals surface area contributed by atoms with Gasteiger partial charge in [0.2, 0.25) is 6.29 Å². The maximum absolute atomic E-state index is 14.9. The summed E-state index contributed by atoms with van der Waals surface area (Å²) in [5.41, 5.74) is 2.97. The molecule has 5 aromatic rings. The number of hydrogen-bond donors (Lipinski definition) is 7. The number of aromatic amines is 1. The predicted octanol–water partition coefficient (Wildman–Crippen LogP) is 5.04. The van der Waals surface area contributed by atoms with E-state index in [2.05, 4.69) is 11.1 Å². The largest absolute Gasteiger partial charge is 0.506 e. The van der Waals surface area contributed by atoms with Crippen molar-refractivity contribution in [2.45, 2.75) is 80.9 Å². The fourth-order valence-corrected chi connectivity index (χ4v) is 10.5. The first-order valence-electron chi connectivity index (χ1n) is 21.6. The van der Waals surface area contributed by atoms with Crippen LogP contribution in [-0.4, -0.2) is 116 Å². The van der Waals surface area contributed by atoms with Crippen LogP contribution in [0.5, 0.6) is 17.2 Å². The van der Waals surface area contributed by atoms with Crippen LogP contribution in [0.15, 0.2) is 66.9 Å². The summed E-state index contributed by atoms with van der Waals surface area (Å²) in [6, 6.07) is 15.0. The zero-order valence-corrected chi connectivity index (χ0v) is 34.7. The Balaban J connectivity index is 1.19. The van der Waals surface area contributed by atoms with E-state index < -0.39 is 54.4 Å². The van der Waals surface area contributed by atoms with Gasteiger partial charge in [-0.1, -0.05) is 48.9 Å². The SMILES string of the molecule is COc1cc2c3c(c(C(=O)CN4Cc5ccccc5C4=O)c(O)c2c2c1C=CC(c1c[nH]c4ccc(CCCO)cc14)OCC1OC(O2)C(O)(CO)C(O)C1O)C1CCCC1C=C3. The number of methoxy groups -OCH3 is 1. The van der Waals surface area contributed by atoms with E-state index in [1.54, 1.807) is 30.4 Å². The van der Waals surface area contributed by atoms with Gasteiger partial charge in [0.25, 0.3) is 5.91 Å². The van der Waals surface area contributed by atoms with Crippen molar-refractivity contribution in [2.24, 2.45) is 5.92 Å². The van der Waals surface area contributed by atoms with Gasteiger partial charge >= 0.3 is 0 Å². The number of fused-ring (bicyclic) bond motifs is 11. The molecule has 4 heterocycles. The zero-order valence-electron chi connectivity index (χ0n) is 34.7. The van der Waals surface area contributed by atoms with E-state index in [0.29, 0.717) is 40.7 Å². The standard InChI is InChI=1S/C49H50N2O12/c1-60-38-19-33-30-13-12-26-8-4-10-28(26)40(30)42(36(54)22-51-21-27-7-2-3-9-29(27)47(51)58)44(56)41(33)45-31(38)14-16-37(34-20-50-35-15-11-25(6-5-17-52)18-32(34)35)61-23-39-43(55)46(57)49(59,24-53)48(62-39)63-45/h2-3,7,9,11-16,18-20,26,28,37,39,43,46,48,50,52-53,55-57,59H,4-6,8,10,17,21-24H2,1H3. The van der Waals surface area contributed by atoms with Gasteiger partial charge in [0.15, 0.2) is 11.4 Å². The Kier molecular flexibility index (Phi) is 10.7. The Bertz CT molecular complexity index is 2710. The van der Waals surface area contributed by atoms with Crippen molar-refractivity contribution >= 4 is 45.5 Å². The number of phenols is 1. The molecule has 328 valence electrons. The molecule has 1 saturated carbocycles. The molecule has 8 atom stereocenters. The lowest BCUT2D eigenvalue weighted by atomic mass is 9.75. The van der Waals surface area contributed by atoms with Crippen molar-refractivity contribution in [1.82, 2.24) is 9.88 Å². The number of ether oxygens (including phenoxy) is 4. The number of H-pyrrole nitrogens is 1. The smallest absolute Gasteiger partial charge is 0.254 e. The van der Waals surface area contributed by atoms with E-state index >= 15 is 0 Å². The van der Waals surface area contributed by atoms with Crippen molar-refractivity contribution in [3.63, 3.8) is 0 Å². The Labute approximate surface area is 362 Å². The van der Waals surface area contributed by atoms with Crippen LogP contribution < -0.4 is 9.47 Å². The van der Waals surface area contributed by atoms with E-state index in [1.807, 2.05) is 42.6 Å². The number of aryl methyl sites for hydroxylation is 1. The second-order valence-corrected chi connectivity index (χ2v) is 17.4. The molecule has 14 nitrogen and oxygen atoms in total. The molecule has 1 aromatic heterocycles. The number of aromatic nitrogens is 1. The van der Waals surface area contributed by atoms with Gasteiger partial charge in [0.05, 0.1) is 43.4 Å². The summed E-state index contributed by atoms with van der Waals surface area (Å²) in [5.74, 6) is -0.901. The molecule has 7 N–H and O–H groups in total. The fourth-order valence-electron chi connectivity index (χ4n) is 10.5. The molecule has 0 spiro atoms. The zero-order chi connectivity index (χ0) is 43.7. The van der Waals surface area contributed by atoms with Crippen LogP contribution >= 0.6 is 0 Å². The van der Waals surface area contributed by atoms with Gasteiger partial charge in [0.1, 0.15) is 41.7 Å². The van der Waals surface area contributed by atoms with Crippen molar-refractivity contribution in [2.75, 3.05) is 33.5 Å². The highest BCUT2D eigenvalue weighted by Crippen LogP contribution is 2.55. The number of carbonyl (C=O) groups is 2. The lowest BCUT2D eigenvalue weighted by Crippen LogP contribution is -2.69. The minimum atomic E-state index is -2.58. The molecule has 8 unspecified atom stereocenters. The second-order valence-electron chi connectivity index (χ2n) is 17.4. The van der Waals surface area contributed by atoms with Crippen molar-refractivity contribution < 1.29 is 59.2 Å². The Morgan fingerprint density at radius 3 is 2.65 bits per heavy atom. The number of aliphatic hydroxyl groups is 5. The number of rotatable bonds is 9. The first kappa shape index (κ1) is 41.4. The van der Waals surface area contributed by atoms with Gasteiger partial charge in [0, 0.05) is 46.8 Å². The maximum atomic E-state index is 14.9. The summed E-state index contributed by atoms with van der Waals surface area (Å²) < 4.78 is 25.4. The quantitative estimate of drug-likeness (QED) is 0.0973. The van der Waals surface area contributed by atoms with Crippen LogP contribution in [0.1, 0.15) is 91.8 Å². The van der Waals surface area contributed by atoms with Gasteiger partial charge in [-0.3, -0.25) is 9.59 Å². The van der Waals surface area contributed by atoms with Crippen LogP contribution in [-0.2, 0) is 22.4 Å². The number of nitrogens with one attached hydrogen (secondary N) is 1. The predicted molar refractivity (Wildman–Crippen MR) is 232 cm³/mol. The molecule has 1 saturated heterocycles. The van der Waals surface area contributed by atoms with E-state index in [4.69, 9.17) is 18.9 Å². The van der Waals surface area contributed by atoms with Gasteiger partial charge in [-0.15, -0.1) is 0 Å². The number of carbonyl (C=O) groups excluding carboxylic acids is 2. The van der Waals surface area contributed by atoms with Gasteiger partial charge < -0.3 is 59.5 Å². The first-order chi connectivity index (χ1) is 30.5. The van der Waals surface area contributed by atoms with E-state index in [1.165, 1.54) is 12.0 Å². The Morgan fingerprint density at radius 1 is 1.03 bits per heavy atom. The molecule has 10 rings (SSSR count). The second kappa shape index (κ2) is 16.2. The molecule has 1 amide bonds. The van der Waals surface area contributed by atoms with Crippen LogP contribution in [0.2, 0.25) is 0 Å². The maximum Gasteiger partial charge on any atom is 0.254 e. The molecular formula is C49H50N2O12. The molecule has 5 aliphatic rings. The molecule has 14 heteroatoms. The Morgan fingerprint density at radius 2 is 1.86 bits per heavy atom. The summed E-state index contributed by atoms with van der Waals surface area (Å²) in [5, 5.41) is 69.1. The molecule has 4 aromatic carbocycles. The molecule has 2 bridgehead atoms. The van der Waals surface area contributed by atoms with Crippen molar-refractivity contribution in [3.8, 4) is 17.2 Å². The van der Waals surface area contributed by atoms with Gasteiger partial charge in [-0.25, -0.2) is 0 Å². The molecule has 63 heavy (non-hydrogen) atoms. The first-order valence-corrected chi connectivity index (χ1v) is 21.6. The van der Waals surface area contributed by atoms with Crippen LogP contribution in [0.3, 0.4) is 0 Å². The van der Waals surface area contributed by atoms with Crippen LogP contribution in [0, 0.1) is 5.92 Å².